The Morgan fingerprint density at radius 1 is 0.875 bits per heavy atom. The molecule has 4 aromatic carbocycles. The number of nitrogens with one attached hydrogen (secondary N) is 1. The number of aromatic nitrogens is 1. The Kier molecular flexibility index (Phi) is 10.6. The normalized spacial score (nSPS) is 11.1. The number of pyridine rings is 1. The Balaban J connectivity index is 1.35. The van der Waals surface area contributed by atoms with Gasteiger partial charge in [-0.05, 0) is 85.5 Å². The maximum Gasteiger partial charge on any atom is 0.322 e. The van der Waals surface area contributed by atoms with Gasteiger partial charge in [0.1, 0.15) is 28.7 Å². The van der Waals surface area contributed by atoms with Crippen molar-refractivity contribution in [2.75, 3.05) is 17.8 Å². The number of nitrogens with zero attached hydrogens (tertiary/aromatic N) is 2. The van der Waals surface area contributed by atoms with Crippen molar-refractivity contribution in [1.29, 1.82) is 0 Å². The minimum atomic E-state index is -0.255. The molecule has 0 unspecified atom stereocenters. The lowest BCUT2D eigenvalue weighted by molar-refractivity contribution is 0.202. The van der Waals surface area contributed by atoms with E-state index in [1.165, 1.54) is 11.8 Å². The van der Waals surface area contributed by atoms with Crippen molar-refractivity contribution in [2.24, 2.45) is 0 Å². The van der Waals surface area contributed by atoms with Gasteiger partial charge in [0.05, 0.1) is 12.2 Å². The van der Waals surface area contributed by atoms with Gasteiger partial charge in [0.2, 0.25) is 0 Å². The highest BCUT2D eigenvalue weighted by Gasteiger charge is 2.24. The van der Waals surface area contributed by atoms with E-state index in [0.717, 1.165) is 60.2 Å². The molecular formula is C39H36ClN3O3S2. The number of benzene rings is 4. The van der Waals surface area contributed by atoms with Gasteiger partial charge in [-0.25, -0.2) is 9.78 Å². The van der Waals surface area contributed by atoms with Crippen LogP contribution in [0.5, 0.6) is 5.75 Å². The van der Waals surface area contributed by atoms with E-state index in [9.17, 15) is 4.79 Å². The van der Waals surface area contributed by atoms with Gasteiger partial charge in [0, 0.05) is 33.1 Å². The Hall–Kier alpha value is -4.37. The molecule has 6 aromatic rings. The lowest BCUT2D eigenvalue weighted by atomic mass is 10.0. The molecule has 0 aliphatic carbocycles. The fourth-order valence-corrected chi connectivity index (χ4v) is 6.99. The third-order valence-electron chi connectivity index (χ3n) is 7.94. The molecule has 0 saturated heterocycles. The fraction of sp³-hybridized carbons (Fsp3) is 0.179. The average molecular weight is 694 g/mol. The zero-order valence-corrected chi connectivity index (χ0v) is 29.6. The van der Waals surface area contributed by atoms with Gasteiger partial charge >= 0.3 is 6.03 Å². The van der Waals surface area contributed by atoms with Crippen LogP contribution in [0.3, 0.4) is 0 Å². The van der Waals surface area contributed by atoms with Crippen LogP contribution in [0.4, 0.5) is 10.5 Å². The molecule has 0 atom stereocenters. The molecule has 0 aliphatic heterocycles. The first-order chi connectivity index (χ1) is 23.3. The van der Waals surface area contributed by atoms with E-state index < -0.39 is 0 Å². The van der Waals surface area contributed by atoms with Crippen molar-refractivity contribution in [3.8, 4) is 16.9 Å². The van der Waals surface area contributed by atoms with Crippen LogP contribution in [0.25, 0.3) is 22.1 Å². The van der Waals surface area contributed by atoms with Gasteiger partial charge in [-0.3, -0.25) is 0 Å². The Morgan fingerprint density at radius 3 is 2.33 bits per heavy atom. The molecule has 6 rings (SSSR count). The van der Waals surface area contributed by atoms with Crippen molar-refractivity contribution in [1.82, 2.24) is 9.88 Å². The summed E-state index contributed by atoms with van der Waals surface area (Å²) in [6.07, 6.45) is 3.97. The minimum Gasteiger partial charge on any atom is -0.489 e. The highest BCUT2D eigenvalue weighted by atomic mass is 35.5. The molecule has 2 heterocycles. The largest absolute Gasteiger partial charge is 0.489 e. The molecule has 0 fully saturated rings. The summed E-state index contributed by atoms with van der Waals surface area (Å²) in [6.45, 7) is 5.07. The maximum atomic E-state index is 14.3. The summed E-state index contributed by atoms with van der Waals surface area (Å²) in [7, 11) is 0. The minimum absolute atomic E-state index is 0.228. The topological polar surface area (TPSA) is 67.6 Å². The zero-order chi connectivity index (χ0) is 33.6. The van der Waals surface area contributed by atoms with E-state index in [0.29, 0.717) is 29.6 Å². The monoisotopic (exact) mass is 693 g/mol. The predicted octanol–water partition coefficient (Wildman–Crippen LogP) is 11.0. The first kappa shape index (κ1) is 33.5. The molecule has 9 heteroatoms. The van der Waals surface area contributed by atoms with Crippen molar-refractivity contribution in [3.63, 3.8) is 0 Å². The van der Waals surface area contributed by atoms with Gasteiger partial charge in [0.25, 0.3) is 0 Å². The number of furan rings is 1. The van der Waals surface area contributed by atoms with Crippen molar-refractivity contribution in [2.45, 2.75) is 43.5 Å². The van der Waals surface area contributed by atoms with Crippen LogP contribution in [0.2, 0.25) is 5.02 Å². The van der Waals surface area contributed by atoms with E-state index in [4.69, 9.17) is 25.7 Å². The van der Waals surface area contributed by atoms with Gasteiger partial charge in [-0.15, -0.1) is 23.5 Å². The van der Waals surface area contributed by atoms with E-state index in [1.54, 1.807) is 16.7 Å². The molecule has 2 aromatic heterocycles. The molecule has 0 radical (unpaired) electrons. The second-order valence-corrected chi connectivity index (χ2v) is 13.5. The van der Waals surface area contributed by atoms with E-state index in [-0.39, 0.29) is 12.6 Å². The van der Waals surface area contributed by atoms with Gasteiger partial charge in [-0.2, -0.15) is 0 Å². The number of urea groups is 1. The van der Waals surface area contributed by atoms with Gasteiger partial charge in [-0.1, -0.05) is 77.8 Å². The zero-order valence-electron chi connectivity index (χ0n) is 27.2. The van der Waals surface area contributed by atoms with Crippen LogP contribution in [0.15, 0.2) is 117 Å². The number of thioether (sulfide) groups is 2. The summed E-state index contributed by atoms with van der Waals surface area (Å²) in [5.41, 5.74) is 7.46. The average Bonchev–Trinajstić information content (AvgIpc) is 3.45. The molecule has 1 N–H and O–H groups in total. The molecular weight excluding hydrogens is 658 g/mol. The maximum absolute atomic E-state index is 14.3. The predicted molar refractivity (Wildman–Crippen MR) is 199 cm³/mol. The van der Waals surface area contributed by atoms with Gasteiger partial charge < -0.3 is 19.4 Å². The first-order valence-electron chi connectivity index (χ1n) is 15.5. The number of amides is 2. The van der Waals surface area contributed by atoms with Crippen LogP contribution in [-0.2, 0) is 19.7 Å². The second kappa shape index (κ2) is 15.2. The molecule has 0 spiro atoms. The third-order valence-corrected chi connectivity index (χ3v) is 9.64. The van der Waals surface area contributed by atoms with Gasteiger partial charge in [0.15, 0.2) is 0 Å². The fourth-order valence-electron chi connectivity index (χ4n) is 5.56. The molecule has 6 nitrogen and oxygen atoms in total. The SMILES string of the molecule is CSc1cc(C)nc(SC)c1NC(=O)N(Cc1ccc(OCc2ccccc2)cc1)Cc1oc2ccc(C)cc2c1-c1ccc(Cl)cc1. The molecule has 0 saturated carbocycles. The molecule has 0 bridgehead atoms. The van der Waals surface area contributed by atoms with Crippen molar-refractivity contribution < 1.29 is 13.9 Å². The standard InChI is InChI=1S/C39H36ClN3O3S2/c1-25-10-19-33-32(20-25)36(29-13-15-30(40)16-14-29)34(46-33)23-43(39(44)42-37-35(47-3)21-26(2)41-38(37)48-4)22-27-11-17-31(18-12-27)45-24-28-8-6-5-7-9-28/h5-21H,22-24H2,1-4H3,(H,42,44). The number of rotatable bonds is 11. The van der Waals surface area contributed by atoms with Crippen LogP contribution in [0.1, 0.15) is 28.1 Å². The van der Waals surface area contributed by atoms with Crippen LogP contribution in [0, 0.1) is 13.8 Å². The number of carbonyl (C=O) groups excluding carboxylic acids is 1. The second-order valence-electron chi connectivity index (χ2n) is 11.5. The Labute approximate surface area is 294 Å². The number of halogens is 1. The van der Waals surface area contributed by atoms with Crippen LogP contribution >= 0.6 is 35.1 Å². The lowest BCUT2D eigenvalue weighted by Crippen LogP contribution is -2.34. The summed E-state index contributed by atoms with van der Waals surface area (Å²) in [5, 5.41) is 5.62. The smallest absolute Gasteiger partial charge is 0.322 e. The number of aryl methyl sites for hydroxylation is 2. The Bertz CT molecular complexity index is 2010. The highest BCUT2D eigenvalue weighted by molar-refractivity contribution is 7.99. The number of anilines is 1. The lowest BCUT2D eigenvalue weighted by Gasteiger charge is -2.24. The molecule has 244 valence electrons. The van der Waals surface area contributed by atoms with E-state index >= 15 is 0 Å². The third kappa shape index (κ3) is 7.84. The number of carbonyl (C=O) groups is 1. The van der Waals surface area contributed by atoms with E-state index in [2.05, 4.69) is 18.3 Å². The van der Waals surface area contributed by atoms with Crippen molar-refractivity contribution >= 4 is 57.8 Å². The first-order valence-corrected chi connectivity index (χ1v) is 18.3. The van der Waals surface area contributed by atoms with Crippen LogP contribution in [-0.4, -0.2) is 28.4 Å². The molecule has 2 amide bonds. The summed E-state index contributed by atoms with van der Waals surface area (Å²) in [6, 6.07) is 33.6. The van der Waals surface area contributed by atoms with Crippen molar-refractivity contribution in [3.05, 3.63) is 136 Å². The molecule has 48 heavy (non-hydrogen) atoms. The summed E-state index contributed by atoms with van der Waals surface area (Å²) < 4.78 is 12.5. The highest BCUT2D eigenvalue weighted by Crippen LogP contribution is 2.38. The van der Waals surface area contributed by atoms with Crippen LogP contribution < -0.4 is 10.1 Å². The van der Waals surface area contributed by atoms with E-state index in [1.807, 2.05) is 116 Å². The summed E-state index contributed by atoms with van der Waals surface area (Å²) in [4.78, 5) is 21.8. The summed E-state index contributed by atoms with van der Waals surface area (Å²) >= 11 is 9.36. The number of hydrogen-bond acceptors (Lipinski definition) is 6. The number of hydrogen-bond donors (Lipinski definition) is 1. The number of fused-ring (bicyclic) bond motifs is 1. The quantitative estimate of drug-likeness (QED) is 0.136. The summed E-state index contributed by atoms with van der Waals surface area (Å²) in [5.74, 6) is 1.45. The number of ether oxygens (including phenoxy) is 1. The molecule has 0 aliphatic rings. The Morgan fingerprint density at radius 2 is 1.62 bits per heavy atom.